The van der Waals surface area contributed by atoms with Crippen LogP contribution in [0.3, 0.4) is 0 Å². The third-order valence-electron chi connectivity index (χ3n) is 1.31. The van der Waals surface area contributed by atoms with E-state index in [1.54, 1.807) is 0 Å². The van der Waals surface area contributed by atoms with E-state index in [2.05, 4.69) is 0 Å². The molecule has 0 spiro atoms. The number of aliphatic hydroxyl groups is 1. The monoisotopic (exact) mass is 135 g/mol. The van der Waals surface area contributed by atoms with E-state index in [-0.39, 0.29) is 23.5 Å². The summed E-state index contributed by atoms with van der Waals surface area (Å²) in [7, 11) is 0. The summed E-state index contributed by atoms with van der Waals surface area (Å²) in [6, 6.07) is -0.0949. The Morgan fingerprint density at radius 1 is 1.44 bits per heavy atom. The van der Waals surface area contributed by atoms with Crippen LogP contribution >= 0.6 is 0 Å². The van der Waals surface area contributed by atoms with Crippen molar-refractivity contribution in [1.82, 2.24) is 0 Å². The van der Waals surface area contributed by atoms with Gasteiger partial charge in [-0.2, -0.15) is 0 Å². The largest absolute Gasteiger partial charge is 0.412 e. The van der Waals surface area contributed by atoms with Gasteiger partial charge in [0.15, 0.2) is 0 Å². The molecule has 9 heavy (non-hydrogen) atoms. The molecule has 0 aliphatic carbocycles. The van der Waals surface area contributed by atoms with Gasteiger partial charge in [0, 0.05) is 6.04 Å². The fourth-order valence-electron chi connectivity index (χ4n) is 0.274. The van der Waals surface area contributed by atoms with Crippen LogP contribution in [0.15, 0.2) is 0 Å². The first-order valence-electron chi connectivity index (χ1n) is 2.85. The molecule has 0 heterocycles. The highest BCUT2D eigenvalue weighted by atomic mass is 16.3. The standard InChI is InChI=1S/C6H15NO.H2O/c1-6(2,3)5(7)4-8;/h5,8H,4,7H2,1-3H3;1H2. The Morgan fingerprint density at radius 2 is 1.78 bits per heavy atom. The smallest absolute Gasteiger partial charge is 0.0587 e. The molecule has 58 valence electrons. The summed E-state index contributed by atoms with van der Waals surface area (Å²) in [5.41, 5.74) is 5.54. The van der Waals surface area contributed by atoms with Crippen LogP contribution < -0.4 is 5.73 Å². The first-order chi connectivity index (χ1) is 3.48. The van der Waals surface area contributed by atoms with E-state index in [0.29, 0.717) is 0 Å². The van der Waals surface area contributed by atoms with Crippen LogP contribution in [0.5, 0.6) is 0 Å². The minimum Gasteiger partial charge on any atom is -0.412 e. The number of nitrogens with two attached hydrogens (primary N) is 1. The topological polar surface area (TPSA) is 77.8 Å². The zero-order valence-electron chi connectivity index (χ0n) is 6.31. The van der Waals surface area contributed by atoms with Crippen molar-refractivity contribution in [3.8, 4) is 0 Å². The number of aliphatic hydroxyl groups excluding tert-OH is 1. The predicted octanol–water partition coefficient (Wildman–Crippen LogP) is -0.473. The van der Waals surface area contributed by atoms with Crippen LogP contribution in [0, 0.1) is 5.41 Å². The second-order valence-electron chi connectivity index (χ2n) is 3.16. The molecule has 3 nitrogen and oxygen atoms in total. The minimum atomic E-state index is -0.0949. The summed E-state index contributed by atoms with van der Waals surface area (Å²) in [6.45, 7) is 6.10. The molecule has 0 saturated carbocycles. The average Bonchev–Trinajstić information content (AvgIpc) is 1.62. The van der Waals surface area contributed by atoms with Gasteiger partial charge in [-0.05, 0) is 5.41 Å². The SMILES string of the molecule is CC(C)(C)C(N)CO.O. The van der Waals surface area contributed by atoms with E-state index in [1.165, 1.54) is 0 Å². The van der Waals surface area contributed by atoms with Gasteiger partial charge in [0.25, 0.3) is 0 Å². The quantitative estimate of drug-likeness (QED) is 0.509. The van der Waals surface area contributed by atoms with Crippen LogP contribution in [-0.2, 0) is 0 Å². The van der Waals surface area contributed by atoms with Gasteiger partial charge in [0.05, 0.1) is 6.61 Å². The molecule has 0 saturated heterocycles. The fourth-order valence-corrected chi connectivity index (χ4v) is 0.274. The third-order valence-corrected chi connectivity index (χ3v) is 1.31. The summed E-state index contributed by atoms with van der Waals surface area (Å²) in [5, 5.41) is 8.55. The lowest BCUT2D eigenvalue weighted by Crippen LogP contribution is -2.37. The highest BCUT2D eigenvalue weighted by molar-refractivity contribution is 4.75. The maximum absolute atomic E-state index is 8.55. The Balaban J connectivity index is 0. The Labute approximate surface area is 56.2 Å². The molecule has 0 rings (SSSR count). The zero-order chi connectivity index (χ0) is 6.78. The van der Waals surface area contributed by atoms with Gasteiger partial charge in [-0.3, -0.25) is 0 Å². The van der Waals surface area contributed by atoms with E-state index in [9.17, 15) is 0 Å². The zero-order valence-corrected chi connectivity index (χ0v) is 6.31. The summed E-state index contributed by atoms with van der Waals surface area (Å²) < 4.78 is 0. The van der Waals surface area contributed by atoms with Crippen molar-refractivity contribution in [3.63, 3.8) is 0 Å². The summed E-state index contributed by atoms with van der Waals surface area (Å²) in [5.74, 6) is 0. The summed E-state index contributed by atoms with van der Waals surface area (Å²) in [6.07, 6.45) is 0. The molecule has 0 aliphatic heterocycles. The molecule has 3 heteroatoms. The van der Waals surface area contributed by atoms with Crippen molar-refractivity contribution in [2.45, 2.75) is 26.8 Å². The van der Waals surface area contributed by atoms with E-state index in [0.717, 1.165) is 0 Å². The van der Waals surface area contributed by atoms with Crippen molar-refractivity contribution in [1.29, 1.82) is 0 Å². The van der Waals surface area contributed by atoms with Crippen LogP contribution in [0.2, 0.25) is 0 Å². The Bertz CT molecular complexity index is 67.9. The molecular weight excluding hydrogens is 118 g/mol. The van der Waals surface area contributed by atoms with Gasteiger partial charge in [-0.1, -0.05) is 20.8 Å². The van der Waals surface area contributed by atoms with Crippen LogP contribution in [0.4, 0.5) is 0 Å². The van der Waals surface area contributed by atoms with Gasteiger partial charge in [0.2, 0.25) is 0 Å². The molecule has 0 amide bonds. The van der Waals surface area contributed by atoms with Gasteiger partial charge >= 0.3 is 0 Å². The van der Waals surface area contributed by atoms with Crippen LogP contribution in [0.1, 0.15) is 20.8 Å². The Kier molecular flexibility index (Phi) is 4.95. The normalized spacial score (nSPS) is 14.3. The van der Waals surface area contributed by atoms with Crippen LogP contribution in [0.25, 0.3) is 0 Å². The molecule has 5 N–H and O–H groups in total. The molecule has 0 aromatic heterocycles. The van der Waals surface area contributed by atoms with E-state index >= 15 is 0 Å². The molecule has 0 bridgehead atoms. The van der Waals surface area contributed by atoms with Crippen molar-refractivity contribution in [3.05, 3.63) is 0 Å². The van der Waals surface area contributed by atoms with Gasteiger partial charge in [-0.15, -0.1) is 0 Å². The second kappa shape index (κ2) is 3.82. The predicted molar refractivity (Wildman–Crippen MR) is 38.1 cm³/mol. The van der Waals surface area contributed by atoms with Gasteiger partial charge < -0.3 is 16.3 Å². The molecule has 0 radical (unpaired) electrons. The van der Waals surface area contributed by atoms with Gasteiger partial charge in [-0.25, -0.2) is 0 Å². The van der Waals surface area contributed by atoms with Crippen molar-refractivity contribution in [2.75, 3.05) is 6.61 Å². The van der Waals surface area contributed by atoms with Crippen molar-refractivity contribution >= 4 is 0 Å². The third kappa shape index (κ3) is 4.39. The van der Waals surface area contributed by atoms with Crippen molar-refractivity contribution in [2.24, 2.45) is 11.1 Å². The number of hydrogen-bond donors (Lipinski definition) is 2. The lowest BCUT2D eigenvalue weighted by Gasteiger charge is -2.24. The molecule has 1 unspecified atom stereocenters. The van der Waals surface area contributed by atoms with Gasteiger partial charge in [0.1, 0.15) is 0 Å². The first-order valence-corrected chi connectivity index (χ1v) is 2.85. The molecule has 0 aliphatic rings. The van der Waals surface area contributed by atoms with Crippen molar-refractivity contribution < 1.29 is 10.6 Å². The first kappa shape index (κ1) is 11.6. The van der Waals surface area contributed by atoms with E-state index in [1.807, 2.05) is 20.8 Å². The van der Waals surface area contributed by atoms with E-state index < -0.39 is 0 Å². The number of hydrogen-bond acceptors (Lipinski definition) is 2. The minimum absolute atomic E-state index is 0. The molecule has 0 fully saturated rings. The van der Waals surface area contributed by atoms with E-state index in [4.69, 9.17) is 10.8 Å². The Morgan fingerprint density at radius 3 is 1.78 bits per heavy atom. The lowest BCUT2D eigenvalue weighted by molar-refractivity contribution is 0.189. The summed E-state index contributed by atoms with van der Waals surface area (Å²) in [4.78, 5) is 0. The van der Waals surface area contributed by atoms with Crippen LogP contribution in [-0.4, -0.2) is 23.2 Å². The average molecular weight is 135 g/mol. The fraction of sp³-hybridized carbons (Fsp3) is 1.00. The Hall–Kier alpha value is -0.120. The summed E-state index contributed by atoms with van der Waals surface area (Å²) >= 11 is 0. The maximum Gasteiger partial charge on any atom is 0.0587 e. The number of rotatable bonds is 1. The molecule has 0 aromatic rings. The maximum atomic E-state index is 8.55. The highest BCUT2D eigenvalue weighted by Crippen LogP contribution is 2.15. The molecule has 0 aromatic carbocycles. The molecular formula is C6H17NO2. The highest BCUT2D eigenvalue weighted by Gasteiger charge is 2.18. The second-order valence-corrected chi connectivity index (χ2v) is 3.16. The molecule has 1 atom stereocenters. The lowest BCUT2D eigenvalue weighted by atomic mass is 9.88.